The van der Waals surface area contributed by atoms with E-state index in [1.807, 2.05) is 41.8 Å². The minimum Gasteiger partial charge on any atom is -0.507 e. The van der Waals surface area contributed by atoms with Crippen molar-refractivity contribution in [3.8, 4) is 22.0 Å². The lowest BCUT2D eigenvalue weighted by Gasteiger charge is -2.41. The highest BCUT2D eigenvalue weighted by atomic mass is 32.1. The number of rotatable bonds is 4. The van der Waals surface area contributed by atoms with E-state index in [-0.39, 0.29) is 17.2 Å². The van der Waals surface area contributed by atoms with E-state index < -0.39 is 11.7 Å². The lowest BCUT2D eigenvalue weighted by molar-refractivity contribution is 0.140. The van der Waals surface area contributed by atoms with Crippen molar-refractivity contribution >= 4 is 16.5 Å². The molecule has 1 aliphatic carbocycles. The van der Waals surface area contributed by atoms with Crippen LogP contribution in [0, 0.1) is 5.41 Å². The van der Waals surface area contributed by atoms with Crippen LogP contribution >= 0.6 is 11.3 Å². The molecule has 5 rings (SSSR count). The summed E-state index contributed by atoms with van der Waals surface area (Å²) < 4.78 is 17.0. The van der Waals surface area contributed by atoms with Gasteiger partial charge in [-0.2, -0.15) is 0 Å². The van der Waals surface area contributed by atoms with E-state index in [0.29, 0.717) is 15.7 Å². The highest BCUT2D eigenvalue weighted by Gasteiger charge is 2.63. The predicted molar refractivity (Wildman–Crippen MR) is 110 cm³/mol. The van der Waals surface area contributed by atoms with Gasteiger partial charge in [0.1, 0.15) is 11.9 Å². The van der Waals surface area contributed by atoms with Crippen LogP contribution in [0.2, 0.25) is 0 Å². The monoisotopic (exact) mass is 414 g/mol. The summed E-state index contributed by atoms with van der Waals surface area (Å²) in [6.07, 6.45) is 4.98. The van der Waals surface area contributed by atoms with Crippen molar-refractivity contribution in [3.63, 3.8) is 0 Å². The normalized spacial score (nSPS) is 30.8. The molecular weight excluding hydrogens is 391 g/mol. The van der Waals surface area contributed by atoms with Gasteiger partial charge < -0.3 is 19.9 Å². The molecule has 9 heteroatoms. The Morgan fingerprint density at radius 2 is 2.17 bits per heavy atom. The Morgan fingerprint density at radius 3 is 2.83 bits per heavy atom. The first-order valence-corrected chi connectivity index (χ1v) is 10.4. The van der Waals surface area contributed by atoms with Crippen LogP contribution in [0.1, 0.15) is 20.3 Å². The van der Waals surface area contributed by atoms with E-state index in [1.165, 1.54) is 11.3 Å². The third-order valence-electron chi connectivity index (χ3n) is 6.41. The van der Waals surface area contributed by atoms with Crippen LogP contribution in [0.15, 0.2) is 36.9 Å². The molecule has 2 bridgehead atoms. The number of imidazole rings is 1. The van der Waals surface area contributed by atoms with Crippen LogP contribution in [-0.2, 0) is 0 Å². The molecule has 0 amide bonds. The zero-order valence-corrected chi connectivity index (χ0v) is 17.3. The van der Waals surface area contributed by atoms with E-state index in [1.54, 1.807) is 18.6 Å². The predicted octanol–water partition coefficient (Wildman–Crippen LogP) is 3.01. The summed E-state index contributed by atoms with van der Waals surface area (Å²) >= 11 is 1.36. The van der Waals surface area contributed by atoms with Crippen molar-refractivity contribution in [1.29, 1.82) is 0 Å². The third-order valence-corrected chi connectivity index (χ3v) is 7.46. The Balaban J connectivity index is 1.43. The highest BCUT2D eigenvalue weighted by Crippen LogP contribution is 2.53. The number of phenols is 1. The zero-order valence-electron chi connectivity index (χ0n) is 16.5. The molecule has 0 spiro atoms. The van der Waals surface area contributed by atoms with E-state index >= 15 is 4.39 Å². The Bertz CT molecular complexity index is 1060. The molecule has 7 nitrogen and oxygen atoms in total. The van der Waals surface area contributed by atoms with Gasteiger partial charge in [0.2, 0.25) is 5.13 Å². The quantitative estimate of drug-likeness (QED) is 0.683. The molecule has 3 aromatic rings. The van der Waals surface area contributed by atoms with Gasteiger partial charge in [-0.3, -0.25) is 0 Å². The first kappa shape index (κ1) is 18.5. The van der Waals surface area contributed by atoms with E-state index in [4.69, 9.17) is 0 Å². The number of hydrogen-bond acceptors (Lipinski definition) is 7. The molecule has 1 aliphatic heterocycles. The zero-order chi connectivity index (χ0) is 20.4. The maximum atomic E-state index is 15.2. The fourth-order valence-corrected chi connectivity index (χ4v) is 5.87. The molecule has 0 radical (unpaired) electrons. The number of aromatic nitrogens is 4. The van der Waals surface area contributed by atoms with Gasteiger partial charge in [-0.15, -0.1) is 10.2 Å². The van der Waals surface area contributed by atoms with Crippen LogP contribution in [0.5, 0.6) is 5.75 Å². The highest BCUT2D eigenvalue weighted by molar-refractivity contribution is 7.18. The Morgan fingerprint density at radius 1 is 1.34 bits per heavy atom. The second-order valence-corrected chi connectivity index (χ2v) is 9.58. The Kier molecular flexibility index (Phi) is 3.98. The number of piperidine rings is 1. The topological polar surface area (TPSA) is 79.1 Å². The largest absolute Gasteiger partial charge is 0.507 e. The summed E-state index contributed by atoms with van der Waals surface area (Å²) in [6.45, 7) is 4.89. The van der Waals surface area contributed by atoms with Crippen LogP contribution in [0.3, 0.4) is 0 Å². The van der Waals surface area contributed by atoms with Gasteiger partial charge in [-0.1, -0.05) is 18.3 Å². The molecule has 2 aromatic heterocycles. The van der Waals surface area contributed by atoms with Crippen LogP contribution in [-0.4, -0.2) is 56.2 Å². The number of benzene rings is 1. The number of anilines is 1. The molecule has 0 unspecified atom stereocenters. The van der Waals surface area contributed by atoms with E-state index in [2.05, 4.69) is 27.4 Å². The van der Waals surface area contributed by atoms with Crippen LogP contribution in [0.25, 0.3) is 16.3 Å². The molecule has 152 valence electrons. The number of halogens is 1. The average molecular weight is 415 g/mol. The third kappa shape index (κ3) is 2.75. The van der Waals surface area contributed by atoms with Crippen LogP contribution < -0.4 is 10.2 Å². The summed E-state index contributed by atoms with van der Waals surface area (Å²) in [5, 5.41) is 23.7. The number of alkyl halides is 1. The maximum absolute atomic E-state index is 15.2. The summed E-state index contributed by atoms with van der Waals surface area (Å²) in [5.41, 5.74) is 0.781. The van der Waals surface area contributed by atoms with Crippen molar-refractivity contribution in [2.24, 2.45) is 5.41 Å². The number of aromatic hydroxyl groups is 1. The van der Waals surface area contributed by atoms with Gasteiger partial charge in [-0.05, 0) is 25.5 Å². The van der Waals surface area contributed by atoms with Crippen LogP contribution in [0.4, 0.5) is 9.52 Å². The average Bonchev–Trinajstić information content (AvgIpc) is 3.44. The number of fused-ring (bicyclic) bond motifs is 2. The molecule has 1 saturated carbocycles. The van der Waals surface area contributed by atoms with Crippen molar-refractivity contribution in [3.05, 3.63) is 36.9 Å². The molecular formula is C20H23FN6OS. The second kappa shape index (κ2) is 6.24. The molecule has 2 fully saturated rings. The standard InChI is InChI=1S/C20H23FN6OS/c1-19-9-20(2,23-10-19)15(21)16(19)26(3)18-25-24-17(29-18)13-5-4-12(8-14(13)28)27-7-6-22-11-27/h4-8,11,15-16,23,28H,9-10H2,1-3H3/t15-,16-,19+,20+/m0/s1. The fourth-order valence-electron chi connectivity index (χ4n) is 5.00. The van der Waals surface area contributed by atoms with E-state index in [9.17, 15) is 5.11 Å². The molecule has 1 aromatic carbocycles. The second-order valence-electron chi connectivity index (χ2n) is 8.62. The van der Waals surface area contributed by atoms with Gasteiger partial charge in [0, 0.05) is 43.0 Å². The van der Waals surface area contributed by atoms with Gasteiger partial charge >= 0.3 is 0 Å². The lowest BCUT2D eigenvalue weighted by Crippen LogP contribution is -2.59. The maximum Gasteiger partial charge on any atom is 0.208 e. The van der Waals surface area contributed by atoms with Crippen molar-refractivity contribution < 1.29 is 9.50 Å². The molecule has 4 atom stereocenters. The van der Waals surface area contributed by atoms with Gasteiger partial charge in [0.25, 0.3) is 0 Å². The number of nitrogens with zero attached hydrogens (tertiary/aromatic N) is 5. The SMILES string of the molecule is CN(c1nnc(-c2ccc(-n3ccnc3)cc2O)s1)[C@H]1[C@H](F)[C@@]2(C)C[C@]1(C)CN2. The molecule has 2 N–H and O–H groups in total. The Labute approximate surface area is 172 Å². The molecule has 3 heterocycles. The first-order valence-electron chi connectivity index (χ1n) is 9.58. The molecule has 2 aliphatic rings. The number of hydrogen-bond donors (Lipinski definition) is 2. The fraction of sp³-hybridized carbons (Fsp3) is 0.450. The lowest BCUT2D eigenvalue weighted by atomic mass is 9.84. The first-order chi connectivity index (χ1) is 13.8. The summed E-state index contributed by atoms with van der Waals surface area (Å²) in [6, 6.07) is 5.12. The molecule has 29 heavy (non-hydrogen) atoms. The molecule has 1 saturated heterocycles. The summed E-state index contributed by atoms with van der Waals surface area (Å²) in [7, 11) is 1.89. The van der Waals surface area contributed by atoms with Gasteiger partial charge in [0.15, 0.2) is 5.01 Å². The van der Waals surface area contributed by atoms with Crippen molar-refractivity contribution in [2.45, 2.75) is 38.0 Å². The smallest absolute Gasteiger partial charge is 0.208 e. The van der Waals surface area contributed by atoms with E-state index in [0.717, 1.165) is 18.7 Å². The Hall–Kier alpha value is -2.52. The summed E-state index contributed by atoms with van der Waals surface area (Å²) in [4.78, 5) is 5.95. The minimum absolute atomic E-state index is 0.119. The summed E-state index contributed by atoms with van der Waals surface area (Å²) in [5.74, 6) is 0.119. The minimum atomic E-state index is -0.985. The van der Waals surface area contributed by atoms with Gasteiger partial charge in [0.05, 0.1) is 23.6 Å². The number of phenolic OH excluding ortho intramolecular Hbond substituents is 1. The van der Waals surface area contributed by atoms with Crippen molar-refractivity contribution in [1.82, 2.24) is 25.1 Å². The van der Waals surface area contributed by atoms with Crippen molar-refractivity contribution in [2.75, 3.05) is 18.5 Å². The number of nitrogens with one attached hydrogen (secondary N) is 1. The van der Waals surface area contributed by atoms with Gasteiger partial charge in [-0.25, -0.2) is 9.37 Å².